The Bertz CT molecular complexity index is 564. The fourth-order valence-corrected chi connectivity index (χ4v) is 2.11. The molecule has 1 heterocycles. The second-order valence-corrected chi connectivity index (χ2v) is 3.93. The Morgan fingerprint density at radius 3 is 3.12 bits per heavy atom. The van der Waals surface area contributed by atoms with Crippen LogP contribution < -0.4 is 0 Å². The molecule has 0 aliphatic heterocycles. The second-order valence-electron chi connectivity index (χ2n) is 3.93. The summed E-state index contributed by atoms with van der Waals surface area (Å²) in [5, 5.41) is 15.5. The van der Waals surface area contributed by atoms with Crippen molar-refractivity contribution >= 4 is 0 Å². The first kappa shape index (κ1) is 9.10. The van der Waals surface area contributed by atoms with E-state index in [4.69, 9.17) is 5.26 Å². The molecule has 2 aromatic rings. The third kappa shape index (κ3) is 1.29. The first-order valence-electron chi connectivity index (χ1n) is 5.24. The molecule has 0 saturated carbocycles. The van der Waals surface area contributed by atoms with Crippen molar-refractivity contribution in [3.05, 3.63) is 47.0 Å². The van der Waals surface area contributed by atoms with E-state index in [9.17, 15) is 0 Å². The van der Waals surface area contributed by atoms with E-state index in [0.29, 0.717) is 18.2 Å². The summed E-state index contributed by atoms with van der Waals surface area (Å²) in [6.07, 6.45) is 1.29. The summed E-state index contributed by atoms with van der Waals surface area (Å²) in [5.41, 5.74) is 2.68. The van der Waals surface area contributed by atoms with Crippen LogP contribution in [0.3, 0.4) is 0 Å². The van der Waals surface area contributed by atoms with E-state index in [1.54, 1.807) is 0 Å². The predicted molar refractivity (Wildman–Crippen MR) is 57.7 cm³/mol. The molecule has 16 heavy (non-hydrogen) atoms. The van der Waals surface area contributed by atoms with Gasteiger partial charge in [-0.1, -0.05) is 24.3 Å². The highest BCUT2D eigenvalue weighted by Gasteiger charge is 2.29. The molecule has 0 saturated heterocycles. The number of benzene rings is 1. The Kier molecular flexibility index (Phi) is 1.97. The summed E-state index contributed by atoms with van der Waals surface area (Å²) in [5.74, 6) is 1.77. The SMILES string of the molecule is N#CCc1nc(C2Cc3ccccc32)n[nH]1. The molecular weight excluding hydrogens is 200 g/mol. The number of nitrogens with zero attached hydrogens (tertiary/aromatic N) is 3. The zero-order valence-electron chi connectivity index (χ0n) is 8.64. The van der Waals surface area contributed by atoms with Crippen molar-refractivity contribution in [3.63, 3.8) is 0 Å². The van der Waals surface area contributed by atoms with E-state index < -0.39 is 0 Å². The number of hydrogen-bond acceptors (Lipinski definition) is 3. The van der Waals surface area contributed by atoms with E-state index >= 15 is 0 Å². The molecule has 1 atom stereocenters. The molecular formula is C12H10N4. The normalized spacial score (nSPS) is 17.3. The smallest absolute Gasteiger partial charge is 0.158 e. The summed E-state index contributed by atoms with van der Waals surface area (Å²) >= 11 is 0. The van der Waals surface area contributed by atoms with Gasteiger partial charge in [-0.25, -0.2) is 4.98 Å². The van der Waals surface area contributed by atoms with Crippen molar-refractivity contribution in [2.45, 2.75) is 18.8 Å². The Hall–Kier alpha value is -2.15. The summed E-state index contributed by atoms with van der Waals surface area (Å²) in [6.45, 7) is 0. The van der Waals surface area contributed by atoms with Crippen LogP contribution in [0.1, 0.15) is 28.7 Å². The number of nitrogens with one attached hydrogen (secondary N) is 1. The van der Waals surface area contributed by atoms with Crippen molar-refractivity contribution in [1.82, 2.24) is 15.2 Å². The number of H-pyrrole nitrogens is 1. The third-order valence-corrected chi connectivity index (χ3v) is 2.96. The van der Waals surface area contributed by atoms with Crippen LogP contribution in [-0.2, 0) is 12.8 Å². The minimum atomic E-state index is 0.293. The molecule has 1 unspecified atom stereocenters. The maximum absolute atomic E-state index is 8.56. The molecule has 1 aliphatic carbocycles. The average Bonchev–Trinajstić information content (AvgIpc) is 2.69. The average molecular weight is 210 g/mol. The highest BCUT2D eigenvalue weighted by Crippen LogP contribution is 2.38. The van der Waals surface area contributed by atoms with Gasteiger partial charge in [0.1, 0.15) is 5.82 Å². The monoisotopic (exact) mass is 210 g/mol. The molecule has 1 N–H and O–H groups in total. The Balaban J connectivity index is 1.88. The third-order valence-electron chi connectivity index (χ3n) is 2.96. The van der Waals surface area contributed by atoms with Crippen LogP contribution in [0.15, 0.2) is 24.3 Å². The molecule has 0 radical (unpaired) electrons. The van der Waals surface area contributed by atoms with Gasteiger partial charge in [-0.15, -0.1) is 0 Å². The largest absolute Gasteiger partial charge is 0.262 e. The Morgan fingerprint density at radius 2 is 2.31 bits per heavy atom. The molecule has 0 amide bonds. The topological polar surface area (TPSA) is 65.4 Å². The van der Waals surface area contributed by atoms with Gasteiger partial charge in [0.2, 0.25) is 0 Å². The first-order chi connectivity index (χ1) is 7.88. The van der Waals surface area contributed by atoms with Gasteiger partial charge < -0.3 is 0 Å². The lowest BCUT2D eigenvalue weighted by molar-refractivity contribution is 0.663. The van der Waals surface area contributed by atoms with Gasteiger partial charge in [0.05, 0.1) is 18.4 Å². The molecule has 1 aromatic heterocycles. The van der Waals surface area contributed by atoms with Crippen molar-refractivity contribution < 1.29 is 0 Å². The zero-order valence-corrected chi connectivity index (χ0v) is 8.64. The number of fused-ring (bicyclic) bond motifs is 1. The van der Waals surface area contributed by atoms with Crippen LogP contribution in [-0.4, -0.2) is 15.2 Å². The molecule has 3 rings (SSSR count). The van der Waals surface area contributed by atoms with Gasteiger partial charge in [-0.2, -0.15) is 10.4 Å². The maximum atomic E-state index is 8.56. The fraction of sp³-hybridized carbons (Fsp3) is 0.250. The quantitative estimate of drug-likeness (QED) is 0.818. The van der Waals surface area contributed by atoms with Crippen molar-refractivity contribution in [2.24, 2.45) is 0 Å². The Labute approximate surface area is 93.0 Å². The lowest BCUT2D eigenvalue weighted by Gasteiger charge is -2.27. The summed E-state index contributed by atoms with van der Waals surface area (Å²) in [7, 11) is 0. The fourth-order valence-electron chi connectivity index (χ4n) is 2.11. The van der Waals surface area contributed by atoms with E-state index in [0.717, 1.165) is 12.2 Å². The van der Waals surface area contributed by atoms with E-state index in [-0.39, 0.29) is 0 Å². The van der Waals surface area contributed by atoms with E-state index in [1.807, 2.05) is 12.1 Å². The highest BCUT2D eigenvalue weighted by molar-refractivity contribution is 5.43. The van der Waals surface area contributed by atoms with Gasteiger partial charge in [-0.3, -0.25) is 5.10 Å². The summed E-state index contributed by atoms with van der Waals surface area (Å²) < 4.78 is 0. The molecule has 78 valence electrons. The number of aromatic amines is 1. The van der Waals surface area contributed by atoms with Gasteiger partial charge >= 0.3 is 0 Å². The lowest BCUT2D eigenvalue weighted by atomic mass is 9.77. The van der Waals surface area contributed by atoms with E-state index in [2.05, 4.69) is 33.4 Å². The van der Waals surface area contributed by atoms with E-state index in [1.165, 1.54) is 11.1 Å². The van der Waals surface area contributed by atoms with Crippen LogP contribution in [0.5, 0.6) is 0 Å². The van der Waals surface area contributed by atoms with Gasteiger partial charge in [0, 0.05) is 0 Å². The number of rotatable bonds is 2. The predicted octanol–water partition coefficient (Wildman–Crippen LogP) is 1.56. The minimum absolute atomic E-state index is 0.293. The van der Waals surface area contributed by atoms with Gasteiger partial charge in [0.25, 0.3) is 0 Å². The van der Waals surface area contributed by atoms with Crippen molar-refractivity contribution in [2.75, 3.05) is 0 Å². The molecule has 4 nitrogen and oxygen atoms in total. The lowest BCUT2D eigenvalue weighted by Crippen LogP contribution is -2.19. The molecule has 0 fully saturated rings. The van der Waals surface area contributed by atoms with Crippen LogP contribution in [0, 0.1) is 11.3 Å². The zero-order chi connectivity index (χ0) is 11.0. The molecule has 0 spiro atoms. The standard InChI is InChI=1S/C12H10N4/c13-6-5-11-14-12(16-15-11)10-7-8-3-1-2-4-9(8)10/h1-4,10H,5,7H2,(H,14,15,16). The molecule has 0 bridgehead atoms. The van der Waals surface area contributed by atoms with Crippen molar-refractivity contribution in [3.8, 4) is 6.07 Å². The Morgan fingerprint density at radius 1 is 1.44 bits per heavy atom. The van der Waals surface area contributed by atoms with Crippen LogP contribution in [0.2, 0.25) is 0 Å². The molecule has 1 aromatic carbocycles. The highest BCUT2D eigenvalue weighted by atomic mass is 15.2. The van der Waals surface area contributed by atoms with Crippen LogP contribution in [0.4, 0.5) is 0 Å². The van der Waals surface area contributed by atoms with Gasteiger partial charge in [0.15, 0.2) is 5.82 Å². The number of hydrogen-bond donors (Lipinski definition) is 1. The summed E-state index contributed by atoms with van der Waals surface area (Å²) in [6, 6.07) is 10.4. The number of nitriles is 1. The van der Waals surface area contributed by atoms with Crippen molar-refractivity contribution in [1.29, 1.82) is 5.26 Å². The van der Waals surface area contributed by atoms with Crippen LogP contribution in [0.25, 0.3) is 0 Å². The maximum Gasteiger partial charge on any atom is 0.158 e. The summed E-state index contributed by atoms with van der Waals surface area (Å²) in [4.78, 5) is 4.33. The first-order valence-corrected chi connectivity index (χ1v) is 5.24. The second kappa shape index (κ2) is 3.46. The minimum Gasteiger partial charge on any atom is -0.262 e. The van der Waals surface area contributed by atoms with Gasteiger partial charge in [-0.05, 0) is 17.5 Å². The molecule has 1 aliphatic rings. The number of aromatic nitrogens is 3. The molecule has 4 heteroatoms. The van der Waals surface area contributed by atoms with Crippen LogP contribution >= 0.6 is 0 Å².